The minimum atomic E-state index is -1.18. The van der Waals surface area contributed by atoms with E-state index in [4.69, 9.17) is 4.98 Å². The van der Waals surface area contributed by atoms with Crippen molar-refractivity contribution in [3.8, 4) is 33.5 Å². The number of hydrogen-bond donors (Lipinski definition) is 2. The summed E-state index contributed by atoms with van der Waals surface area (Å²) in [6.07, 6.45) is 0.620. The van der Waals surface area contributed by atoms with Gasteiger partial charge in [-0.3, -0.25) is 4.98 Å². The molecular formula is C25H19NO2. The third kappa shape index (κ3) is 2.30. The van der Waals surface area contributed by atoms with Gasteiger partial charge in [0.15, 0.2) is 0 Å². The van der Waals surface area contributed by atoms with Crippen molar-refractivity contribution < 1.29 is 10.2 Å². The number of pyridine rings is 1. The highest BCUT2D eigenvalue weighted by Crippen LogP contribution is 2.49. The second-order valence-corrected chi connectivity index (χ2v) is 7.28. The third-order valence-electron chi connectivity index (χ3n) is 5.49. The molecule has 5 rings (SSSR count). The number of aryl methyl sites for hydroxylation is 1. The third-order valence-corrected chi connectivity index (χ3v) is 5.49. The Labute approximate surface area is 163 Å². The fourth-order valence-electron chi connectivity index (χ4n) is 4.23. The number of nitrogens with zero attached hydrogens (tertiary/aromatic N) is 1. The van der Waals surface area contributed by atoms with Gasteiger partial charge in [0.2, 0.25) is 0 Å². The number of aliphatic hydroxyl groups excluding tert-OH is 2. The molecule has 28 heavy (non-hydrogen) atoms. The van der Waals surface area contributed by atoms with Crippen molar-refractivity contribution in [1.29, 1.82) is 0 Å². The number of aliphatic hydroxyl groups is 2. The van der Waals surface area contributed by atoms with Crippen LogP contribution in [-0.4, -0.2) is 15.2 Å². The monoisotopic (exact) mass is 365 g/mol. The molecule has 4 aromatic rings. The van der Waals surface area contributed by atoms with Crippen LogP contribution in [-0.2, 0) is 0 Å². The maximum absolute atomic E-state index is 10.7. The highest BCUT2D eigenvalue weighted by molar-refractivity contribution is 6.12. The molecular weight excluding hydrogens is 346 g/mol. The van der Waals surface area contributed by atoms with Gasteiger partial charge >= 0.3 is 0 Å². The van der Waals surface area contributed by atoms with Gasteiger partial charge < -0.3 is 10.2 Å². The number of hydrogen-bond acceptors (Lipinski definition) is 3. The lowest BCUT2D eigenvalue weighted by Gasteiger charge is -2.18. The van der Waals surface area contributed by atoms with Crippen molar-refractivity contribution >= 4 is 10.8 Å². The van der Waals surface area contributed by atoms with E-state index in [1.807, 2.05) is 18.2 Å². The first kappa shape index (κ1) is 16.7. The van der Waals surface area contributed by atoms with Gasteiger partial charge in [-0.1, -0.05) is 66.7 Å². The van der Waals surface area contributed by atoms with Crippen LogP contribution in [0.2, 0.25) is 0 Å². The zero-order chi connectivity index (χ0) is 19.4. The van der Waals surface area contributed by atoms with E-state index >= 15 is 0 Å². The van der Waals surface area contributed by atoms with Gasteiger partial charge in [-0.2, -0.15) is 0 Å². The van der Waals surface area contributed by atoms with Crippen LogP contribution in [0, 0.1) is 6.92 Å². The molecule has 0 radical (unpaired) electrons. The summed E-state index contributed by atoms with van der Waals surface area (Å²) < 4.78 is 0. The fraction of sp³-hybridized carbons (Fsp3) is 0.0800. The Kier molecular flexibility index (Phi) is 3.61. The fourth-order valence-corrected chi connectivity index (χ4v) is 4.23. The van der Waals surface area contributed by atoms with E-state index in [0.29, 0.717) is 5.56 Å². The van der Waals surface area contributed by atoms with E-state index in [-0.39, 0.29) is 5.76 Å². The minimum absolute atomic E-state index is 0.275. The van der Waals surface area contributed by atoms with Crippen LogP contribution in [0.5, 0.6) is 0 Å². The zero-order valence-corrected chi connectivity index (χ0v) is 15.5. The topological polar surface area (TPSA) is 53.4 Å². The van der Waals surface area contributed by atoms with E-state index in [2.05, 4.69) is 56.0 Å². The molecule has 0 bridgehead atoms. The van der Waals surface area contributed by atoms with E-state index < -0.39 is 6.10 Å². The molecule has 1 aliphatic rings. The van der Waals surface area contributed by atoms with Crippen LogP contribution in [0.4, 0.5) is 0 Å². The average molecular weight is 365 g/mol. The average Bonchev–Trinajstić information content (AvgIpc) is 2.82. The maximum Gasteiger partial charge on any atom is 0.136 e. The molecule has 3 nitrogen and oxygen atoms in total. The minimum Gasteiger partial charge on any atom is -0.510 e. The van der Waals surface area contributed by atoms with E-state index in [1.54, 1.807) is 6.20 Å². The molecule has 3 heteroatoms. The summed E-state index contributed by atoms with van der Waals surface area (Å²) in [5, 5.41) is 22.7. The SMILES string of the molecule is C=C(O)C(O)c1cccc2c1-c1nccc3cccc(c13)-c1ccc(C)cc1-2. The summed E-state index contributed by atoms with van der Waals surface area (Å²) in [5.41, 5.74) is 7.77. The summed E-state index contributed by atoms with van der Waals surface area (Å²) >= 11 is 0. The lowest BCUT2D eigenvalue weighted by atomic mass is 9.89. The Morgan fingerprint density at radius 2 is 1.71 bits per heavy atom. The molecule has 1 aromatic heterocycles. The van der Waals surface area contributed by atoms with Crippen molar-refractivity contribution in [3.63, 3.8) is 0 Å². The van der Waals surface area contributed by atoms with Crippen LogP contribution < -0.4 is 0 Å². The van der Waals surface area contributed by atoms with Crippen molar-refractivity contribution in [3.05, 3.63) is 90.3 Å². The molecule has 1 aliphatic carbocycles. The molecule has 0 fully saturated rings. The van der Waals surface area contributed by atoms with Crippen molar-refractivity contribution in [2.45, 2.75) is 13.0 Å². The van der Waals surface area contributed by atoms with Crippen molar-refractivity contribution in [1.82, 2.24) is 4.98 Å². The molecule has 0 aliphatic heterocycles. The van der Waals surface area contributed by atoms with Gasteiger partial charge in [0.1, 0.15) is 11.9 Å². The Morgan fingerprint density at radius 3 is 2.54 bits per heavy atom. The second kappa shape index (κ2) is 6.04. The molecule has 3 aromatic carbocycles. The molecule has 1 atom stereocenters. The van der Waals surface area contributed by atoms with Crippen molar-refractivity contribution in [2.75, 3.05) is 0 Å². The van der Waals surface area contributed by atoms with Gasteiger partial charge in [-0.05, 0) is 46.2 Å². The highest BCUT2D eigenvalue weighted by Gasteiger charge is 2.27. The first-order valence-electron chi connectivity index (χ1n) is 9.24. The van der Waals surface area contributed by atoms with Crippen molar-refractivity contribution in [2.24, 2.45) is 0 Å². The molecule has 1 unspecified atom stereocenters. The first-order valence-corrected chi connectivity index (χ1v) is 9.24. The normalized spacial score (nSPS) is 12.8. The molecule has 0 amide bonds. The number of benzene rings is 3. The molecule has 0 saturated heterocycles. The van der Waals surface area contributed by atoms with Crippen LogP contribution in [0.3, 0.4) is 0 Å². The van der Waals surface area contributed by atoms with Gasteiger partial charge in [0.05, 0.1) is 5.69 Å². The Bertz CT molecular complexity index is 1270. The summed E-state index contributed by atoms with van der Waals surface area (Å²) in [6.45, 7) is 5.62. The molecule has 0 saturated carbocycles. The molecule has 136 valence electrons. The molecule has 1 heterocycles. The largest absolute Gasteiger partial charge is 0.510 e. The predicted octanol–water partition coefficient (Wildman–Crippen LogP) is 5.96. The second-order valence-electron chi connectivity index (χ2n) is 7.28. The quantitative estimate of drug-likeness (QED) is 0.379. The van der Waals surface area contributed by atoms with E-state index in [1.165, 1.54) is 0 Å². The van der Waals surface area contributed by atoms with Crippen LogP contribution >= 0.6 is 0 Å². The predicted molar refractivity (Wildman–Crippen MR) is 113 cm³/mol. The lowest BCUT2D eigenvalue weighted by molar-refractivity contribution is 0.157. The van der Waals surface area contributed by atoms with Gasteiger partial charge in [-0.25, -0.2) is 0 Å². The highest BCUT2D eigenvalue weighted by atomic mass is 16.3. The summed E-state index contributed by atoms with van der Waals surface area (Å²) in [4.78, 5) is 4.72. The van der Waals surface area contributed by atoms with Gasteiger partial charge in [0.25, 0.3) is 0 Å². The lowest BCUT2D eigenvalue weighted by Crippen LogP contribution is -2.04. The summed E-state index contributed by atoms with van der Waals surface area (Å²) in [7, 11) is 0. The number of fused-ring (bicyclic) bond motifs is 5. The number of aromatic nitrogens is 1. The van der Waals surface area contributed by atoms with Crippen LogP contribution in [0.15, 0.2) is 79.2 Å². The van der Waals surface area contributed by atoms with E-state index in [9.17, 15) is 10.2 Å². The summed E-state index contributed by atoms with van der Waals surface area (Å²) in [6, 6.07) is 20.5. The van der Waals surface area contributed by atoms with Gasteiger partial charge in [0, 0.05) is 17.1 Å². The molecule has 2 N–H and O–H groups in total. The number of rotatable bonds is 2. The zero-order valence-electron chi connectivity index (χ0n) is 15.5. The van der Waals surface area contributed by atoms with Crippen LogP contribution in [0.25, 0.3) is 44.3 Å². The standard InChI is InChI=1S/C25H19NO2/c1-14-9-10-17-18-6-3-5-16-11-12-26-24(22(16)18)23-19(21(17)13-14)7-4-8-20(23)25(28)15(2)27/h3-13,25,27-28H,2H2,1H3. The smallest absolute Gasteiger partial charge is 0.136 e. The Balaban J connectivity index is 2.03. The Morgan fingerprint density at radius 1 is 0.929 bits per heavy atom. The van der Waals surface area contributed by atoms with Crippen LogP contribution in [0.1, 0.15) is 17.2 Å². The summed E-state index contributed by atoms with van der Waals surface area (Å²) in [5.74, 6) is -0.275. The van der Waals surface area contributed by atoms with E-state index in [0.717, 1.165) is 49.8 Å². The maximum atomic E-state index is 10.7. The first-order chi connectivity index (χ1) is 13.6. The molecule has 0 spiro atoms. The Hall–Kier alpha value is -3.43. The van der Waals surface area contributed by atoms with Gasteiger partial charge in [-0.15, -0.1) is 0 Å².